The normalized spacial score (nSPS) is 11.9. The van der Waals surface area contributed by atoms with Crippen LogP contribution < -0.4 is 16.0 Å². The van der Waals surface area contributed by atoms with Gasteiger partial charge >= 0.3 is 6.03 Å². The monoisotopic (exact) mass is 396 g/mol. The Morgan fingerprint density at radius 1 is 0.931 bits per heavy atom. The Bertz CT molecular complexity index is 771. The first kappa shape index (κ1) is 22.4. The lowest BCUT2D eigenvalue weighted by atomic mass is 10.0. The summed E-state index contributed by atoms with van der Waals surface area (Å²) in [5.74, 6) is -0.128. The minimum atomic E-state index is -0.262. The quantitative estimate of drug-likeness (QED) is 0.599. The molecular weight excluding hydrogens is 364 g/mol. The number of hydrogen-bond donors (Lipinski definition) is 3. The van der Waals surface area contributed by atoms with E-state index in [0.717, 1.165) is 13.1 Å². The number of nitrogens with zero attached hydrogens (tertiary/aromatic N) is 1. The highest BCUT2D eigenvalue weighted by atomic mass is 16.2. The Kier molecular flexibility index (Phi) is 8.68. The van der Waals surface area contributed by atoms with Crippen molar-refractivity contribution in [2.75, 3.05) is 25.0 Å². The van der Waals surface area contributed by atoms with Crippen LogP contribution in [0.3, 0.4) is 0 Å². The summed E-state index contributed by atoms with van der Waals surface area (Å²) < 4.78 is 0. The van der Waals surface area contributed by atoms with Crippen molar-refractivity contribution < 1.29 is 9.59 Å². The zero-order chi connectivity index (χ0) is 21.2. The molecule has 0 aliphatic rings. The average molecular weight is 397 g/mol. The molecule has 0 saturated carbocycles. The van der Waals surface area contributed by atoms with E-state index in [0.29, 0.717) is 17.8 Å². The van der Waals surface area contributed by atoms with Crippen LogP contribution in [0.5, 0.6) is 0 Å². The molecule has 1 atom stereocenters. The van der Waals surface area contributed by atoms with Gasteiger partial charge in [0, 0.05) is 23.8 Å². The molecule has 0 bridgehead atoms. The number of likely N-dealkylation sites (N-methyl/N-ethyl adjacent to an activating group) is 1. The van der Waals surface area contributed by atoms with E-state index >= 15 is 0 Å². The lowest BCUT2D eigenvalue weighted by Crippen LogP contribution is -2.38. The van der Waals surface area contributed by atoms with Crippen LogP contribution in [0.25, 0.3) is 0 Å². The van der Waals surface area contributed by atoms with E-state index in [2.05, 4.69) is 46.8 Å². The van der Waals surface area contributed by atoms with Gasteiger partial charge in [0.05, 0.1) is 6.04 Å². The molecule has 156 valence electrons. The van der Waals surface area contributed by atoms with E-state index in [1.807, 2.05) is 32.0 Å². The van der Waals surface area contributed by atoms with E-state index in [1.54, 1.807) is 24.3 Å². The largest absolute Gasteiger partial charge is 0.350 e. The summed E-state index contributed by atoms with van der Waals surface area (Å²) >= 11 is 0. The summed E-state index contributed by atoms with van der Waals surface area (Å²) in [6.07, 6.45) is 0. The van der Waals surface area contributed by atoms with E-state index in [4.69, 9.17) is 0 Å². The standard InChI is InChI=1S/C23H32N4O2/c1-5-27(6-2)21(18-10-8-7-9-11-18)16-24-22(28)19-12-14-20(15-13-19)26-23(29)25-17(3)4/h7-15,17,21H,5-6,16H2,1-4H3,(H,24,28)(H2,25,26,29). The summed E-state index contributed by atoms with van der Waals surface area (Å²) in [6, 6.07) is 17.0. The second-order valence-electron chi connectivity index (χ2n) is 7.19. The Morgan fingerprint density at radius 2 is 1.55 bits per heavy atom. The van der Waals surface area contributed by atoms with Crippen molar-refractivity contribution in [1.82, 2.24) is 15.5 Å². The van der Waals surface area contributed by atoms with Crippen molar-refractivity contribution in [2.24, 2.45) is 0 Å². The van der Waals surface area contributed by atoms with Gasteiger partial charge in [0.25, 0.3) is 5.91 Å². The third-order valence-electron chi connectivity index (χ3n) is 4.72. The van der Waals surface area contributed by atoms with Gasteiger partial charge in [-0.3, -0.25) is 9.69 Å². The number of anilines is 1. The first-order chi connectivity index (χ1) is 13.9. The number of carbonyl (C=O) groups is 2. The van der Waals surface area contributed by atoms with Crippen LogP contribution in [-0.2, 0) is 0 Å². The van der Waals surface area contributed by atoms with Crippen molar-refractivity contribution in [1.29, 1.82) is 0 Å². The number of carbonyl (C=O) groups excluding carboxylic acids is 2. The van der Waals surface area contributed by atoms with Gasteiger partial charge in [0.2, 0.25) is 0 Å². The number of urea groups is 1. The van der Waals surface area contributed by atoms with Crippen LogP contribution in [-0.4, -0.2) is 42.5 Å². The Morgan fingerprint density at radius 3 is 2.10 bits per heavy atom. The highest BCUT2D eigenvalue weighted by Gasteiger charge is 2.19. The second-order valence-corrected chi connectivity index (χ2v) is 7.19. The number of amides is 3. The van der Waals surface area contributed by atoms with Crippen LogP contribution in [0.1, 0.15) is 49.7 Å². The molecule has 6 nitrogen and oxygen atoms in total. The first-order valence-electron chi connectivity index (χ1n) is 10.2. The number of nitrogens with one attached hydrogen (secondary N) is 3. The lowest BCUT2D eigenvalue weighted by molar-refractivity contribution is 0.0935. The zero-order valence-corrected chi connectivity index (χ0v) is 17.7. The predicted molar refractivity (Wildman–Crippen MR) is 118 cm³/mol. The molecule has 0 radical (unpaired) electrons. The molecule has 3 amide bonds. The van der Waals surface area contributed by atoms with Gasteiger partial charge in [0.15, 0.2) is 0 Å². The van der Waals surface area contributed by atoms with Gasteiger partial charge in [-0.1, -0.05) is 44.2 Å². The molecule has 0 saturated heterocycles. The molecule has 0 spiro atoms. The van der Waals surface area contributed by atoms with Gasteiger partial charge in [0.1, 0.15) is 0 Å². The summed E-state index contributed by atoms with van der Waals surface area (Å²) in [5, 5.41) is 8.57. The topological polar surface area (TPSA) is 73.5 Å². The van der Waals surface area contributed by atoms with Crippen LogP contribution >= 0.6 is 0 Å². The molecule has 2 aromatic rings. The first-order valence-corrected chi connectivity index (χ1v) is 10.2. The molecule has 0 fully saturated rings. The third kappa shape index (κ3) is 6.91. The van der Waals surface area contributed by atoms with Gasteiger partial charge in [-0.15, -0.1) is 0 Å². The predicted octanol–water partition coefficient (Wildman–Crippen LogP) is 4.03. The smallest absolute Gasteiger partial charge is 0.319 e. The number of rotatable bonds is 9. The van der Waals surface area contributed by atoms with Gasteiger partial charge < -0.3 is 16.0 Å². The van der Waals surface area contributed by atoms with Crippen molar-refractivity contribution >= 4 is 17.6 Å². The Balaban J connectivity index is 2.00. The van der Waals surface area contributed by atoms with Crippen molar-refractivity contribution in [3.05, 3.63) is 65.7 Å². The van der Waals surface area contributed by atoms with Gasteiger partial charge in [-0.2, -0.15) is 0 Å². The zero-order valence-electron chi connectivity index (χ0n) is 17.7. The number of benzene rings is 2. The van der Waals surface area contributed by atoms with E-state index < -0.39 is 0 Å². The lowest BCUT2D eigenvalue weighted by Gasteiger charge is -2.30. The minimum Gasteiger partial charge on any atom is -0.350 e. The van der Waals surface area contributed by atoms with Crippen LogP contribution in [0.4, 0.5) is 10.5 Å². The molecule has 1 unspecified atom stereocenters. The maximum Gasteiger partial charge on any atom is 0.319 e. The summed E-state index contributed by atoms with van der Waals surface area (Å²) in [5.41, 5.74) is 2.39. The molecule has 0 heterocycles. The van der Waals surface area contributed by atoms with Crippen LogP contribution in [0.15, 0.2) is 54.6 Å². The third-order valence-corrected chi connectivity index (χ3v) is 4.72. The van der Waals surface area contributed by atoms with Crippen LogP contribution in [0, 0.1) is 0 Å². The van der Waals surface area contributed by atoms with Crippen LogP contribution in [0.2, 0.25) is 0 Å². The van der Waals surface area contributed by atoms with Gasteiger partial charge in [-0.05, 0) is 56.8 Å². The molecule has 2 rings (SSSR count). The maximum atomic E-state index is 12.6. The molecule has 2 aromatic carbocycles. The molecule has 29 heavy (non-hydrogen) atoms. The Labute approximate surface area is 173 Å². The van der Waals surface area contributed by atoms with E-state index in [-0.39, 0.29) is 24.0 Å². The van der Waals surface area contributed by atoms with E-state index in [1.165, 1.54) is 5.56 Å². The highest BCUT2D eigenvalue weighted by Crippen LogP contribution is 2.19. The summed E-state index contributed by atoms with van der Waals surface area (Å²) in [7, 11) is 0. The van der Waals surface area contributed by atoms with Gasteiger partial charge in [-0.25, -0.2) is 4.79 Å². The minimum absolute atomic E-state index is 0.0587. The van der Waals surface area contributed by atoms with Crippen molar-refractivity contribution in [2.45, 2.75) is 39.8 Å². The maximum absolute atomic E-state index is 12.6. The van der Waals surface area contributed by atoms with Crippen molar-refractivity contribution in [3.8, 4) is 0 Å². The fourth-order valence-corrected chi connectivity index (χ4v) is 3.22. The molecule has 0 aliphatic carbocycles. The fraction of sp³-hybridized carbons (Fsp3) is 0.391. The molecule has 0 aromatic heterocycles. The van der Waals surface area contributed by atoms with E-state index in [9.17, 15) is 9.59 Å². The SMILES string of the molecule is CCN(CC)C(CNC(=O)c1ccc(NC(=O)NC(C)C)cc1)c1ccccc1. The summed E-state index contributed by atoms with van der Waals surface area (Å²) in [4.78, 5) is 26.7. The Hall–Kier alpha value is -2.86. The molecular formula is C23H32N4O2. The summed E-state index contributed by atoms with van der Waals surface area (Å²) in [6.45, 7) is 10.4. The highest BCUT2D eigenvalue weighted by molar-refractivity contribution is 5.95. The molecule has 6 heteroatoms. The number of hydrogen-bond acceptors (Lipinski definition) is 3. The van der Waals surface area contributed by atoms with Crippen molar-refractivity contribution in [3.63, 3.8) is 0 Å². The fourth-order valence-electron chi connectivity index (χ4n) is 3.22. The molecule has 3 N–H and O–H groups in total. The average Bonchev–Trinajstić information content (AvgIpc) is 2.71. The molecule has 0 aliphatic heterocycles. The second kappa shape index (κ2) is 11.2.